The molecule has 0 aliphatic carbocycles. The van der Waals surface area contributed by atoms with Gasteiger partial charge in [0.2, 0.25) is 5.89 Å². The van der Waals surface area contributed by atoms with Crippen molar-refractivity contribution in [3.8, 4) is 17.2 Å². The number of carbonyl (C=O) groups excluding carboxylic acids is 2. The van der Waals surface area contributed by atoms with Crippen LogP contribution in [0.5, 0.6) is 5.75 Å². The van der Waals surface area contributed by atoms with Crippen molar-refractivity contribution in [3.05, 3.63) is 76.5 Å². The maximum atomic E-state index is 11.6. The molecule has 28 heavy (non-hydrogen) atoms. The van der Waals surface area contributed by atoms with Gasteiger partial charge in [-0.3, -0.25) is 14.9 Å². The van der Waals surface area contributed by atoms with Gasteiger partial charge in [0.1, 0.15) is 23.8 Å². The van der Waals surface area contributed by atoms with E-state index in [1.54, 1.807) is 18.2 Å². The lowest BCUT2D eigenvalue weighted by molar-refractivity contribution is -0.115. The average Bonchev–Trinajstić information content (AvgIpc) is 3.23. The summed E-state index contributed by atoms with van der Waals surface area (Å²) in [6, 6.07) is 17.0. The number of rotatable bonds is 5. The van der Waals surface area contributed by atoms with Crippen molar-refractivity contribution in [1.82, 2.24) is 10.3 Å². The standard InChI is InChI=1S/C21H16N2O4S/c1-13-17(22-20(27-13)15-5-3-2-4-6-15)12-26-16-9-7-14(8-10-16)11-18-19(24)23-21(25)28-18/h2-11H,12H2,1H3,(H,23,24,25)/b18-11-. The fourth-order valence-corrected chi connectivity index (χ4v) is 3.33. The molecule has 4 rings (SSSR count). The Kier molecular flexibility index (Phi) is 4.99. The lowest BCUT2D eigenvalue weighted by atomic mass is 10.2. The molecule has 1 fully saturated rings. The first kappa shape index (κ1) is 18.1. The zero-order valence-corrected chi connectivity index (χ0v) is 15.8. The summed E-state index contributed by atoms with van der Waals surface area (Å²) in [7, 11) is 0. The third kappa shape index (κ3) is 3.99. The maximum Gasteiger partial charge on any atom is 0.290 e. The van der Waals surface area contributed by atoms with Crippen molar-refractivity contribution >= 4 is 29.0 Å². The van der Waals surface area contributed by atoms with Gasteiger partial charge in [-0.05, 0) is 54.6 Å². The van der Waals surface area contributed by atoms with Crippen molar-refractivity contribution in [2.24, 2.45) is 0 Å². The minimum absolute atomic E-state index is 0.287. The van der Waals surface area contributed by atoms with E-state index in [1.165, 1.54) is 0 Å². The summed E-state index contributed by atoms with van der Waals surface area (Å²) in [6.07, 6.45) is 1.67. The zero-order valence-electron chi connectivity index (χ0n) is 15.0. The zero-order chi connectivity index (χ0) is 19.5. The number of imide groups is 1. The molecule has 0 saturated carbocycles. The molecule has 140 valence electrons. The van der Waals surface area contributed by atoms with Crippen LogP contribution >= 0.6 is 11.8 Å². The number of carbonyl (C=O) groups is 2. The van der Waals surface area contributed by atoms with E-state index < -0.39 is 0 Å². The third-order valence-corrected chi connectivity index (χ3v) is 4.92. The van der Waals surface area contributed by atoms with Gasteiger partial charge in [-0.15, -0.1) is 0 Å². The minimum atomic E-state index is -0.369. The summed E-state index contributed by atoms with van der Waals surface area (Å²) in [6.45, 7) is 2.15. The fraction of sp³-hybridized carbons (Fsp3) is 0.0952. The van der Waals surface area contributed by atoms with Crippen LogP contribution in [-0.2, 0) is 11.4 Å². The maximum absolute atomic E-state index is 11.6. The van der Waals surface area contributed by atoms with Crippen molar-refractivity contribution < 1.29 is 18.7 Å². The van der Waals surface area contributed by atoms with E-state index in [-0.39, 0.29) is 17.8 Å². The van der Waals surface area contributed by atoms with Crippen LogP contribution in [0.15, 0.2) is 63.9 Å². The highest BCUT2D eigenvalue weighted by atomic mass is 32.2. The van der Waals surface area contributed by atoms with Crippen LogP contribution in [0.2, 0.25) is 0 Å². The van der Waals surface area contributed by atoms with E-state index in [9.17, 15) is 9.59 Å². The summed E-state index contributed by atoms with van der Waals surface area (Å²) in [5, 5.41) is 1.88. The van der Waals surface area contributed by atoms with E-state index in [1.807, 2.05) is 49.4 Å². The molecule has 3 aromatic rings. The lowest BCUT2D eigenvalue weighted by Gasteiger charge is -2.05. The predicted molar refractivity (Wildman–Crippen MR) is 107 cm³/mol. The smallest absolute Gasteiger partial charge is 0.290 e. The van der Waals surface area contributed by atoms with E-state index in [4.69, 9.17) is 9.15 Å². The van der Waals surface area contributed by atoms with Crippen LogP contribution in [-0.4, -0.2) is 16.1 Å². The van der Waals surface area contributed by atoms with Gasteiger partial charge in [0, 0.05) is 5.56 Å². The summed E-state index contributed by atoms with van der Waals surface area (Å²) in [5.41, 5.74) is 2.47. The Hall–Kier alpha value is -3.32. The van der Waals surface area contributed by atoms with Gasteiger partial charge >= 0.3 is 0 Å². The number of hydrogen-bond donors (Lipinski definition) is 1. The number of amides is 2. The van der Waals surface area contributed by atoms with Crippen LogP contribution in [0.25, 0.3) is 17.5 Å². The molecule has 1 aliphatic heterocycles. The van der Waals surface area contributed by atoms with Gasteiger partial charge in [-0.25, -0.2) is 4.98 Å². The quantitative estimate of drug-likeness (QED) is 0.642. The van der Waals surface area contributed by atoms with E-state index >= 15 is 0 Å². The third-order valence-electron chi connectivity index (χ3n) is 4.11. The number of nitrogens with one attached hydrogen (secondary N) is 1. The van der Waals surface area contributed by atoms with Crippen molar-refractivity contribution in [2.75, 3.05) is 0 Å². The van der Waals surface area contributed by atoms with Crippen LogP contribution < -0.4 is 10.1 Å². The average molecular weight is 392 g/mol. The number of thioether (sulfide) groups is 1. The highest BCUT2D eigenvalue weighted by molar-refractivity contribution is 8.18. The van der Waals surface area contributed by atoms with Gasteiger partial charge in [0.15, 0.2) is 0 Å². The summed E-state index contributed by atoms with van der Waals surface area (Å²) in [5.74, 6) is 1.59. The molecule has 6 nitrogen and oxygen atoms in total. The first-order chi connectivity index (χ1) is 13.6. The lowest BCUT2D eigenvalue weighted by Crippen LogP contribution is -2.17. The highest BCUT2D eigenvalue weighted by Crippen LogP contribution is 2.26. The van der Waals surface area contributed by atoms with Gasteiger partial charge in [-0.2, -0.15) is 0 Å². The van der Waals surface area contributed by atoms with Crippen molar-refractivity contribution in [1.29, 1.82) is 0 Å². The van der Waals surface area contributed by atoms with E-state index in [2.05, 4.69) is 10.3 Å². The normalized spacial score (nSPS) is 15.1. The largest absolute Gasteiger partial charge is 0.487 e. The molecule has 1 aliphatic rings. The number of benzene rings is 2. The molecule has 7 heteroatoms. The summed E-state index contributed by atoms with van der Waals surface area (Å²) >= 11 is 0.894. The molecule has 0 radical (unpaired) electrons. The van der Waals surface area contributed by atoms with Gasteiger partial charge < -0.3 is 9.15 Å². The van der Waals surface area contributed by atoms with E-state index in [0.717, 1.165) is 28.6 Å². The molecule has 0 unspecified atom stereocenters. The molecular weight excluding hydrogens is 376 g/mol. The second-order valence-corrected chi connectivity index (χ2v) is 7.11. The van der Waals surface area contributed by atoms with Crippen molar-refractivity contribution in [2.45, 2.75) is 13.5 Å². The molecule has 2 amide bonds. The highest BCUT2D eigenvalue weighted by Gasteiger charge is 2.24. The molecule has 2 aromatic carbocycles. The van der Waals surface area contributed by atoms with Crippen LogP contribution in [0.4, 0.5) is 4.79 Å². The minimum Gasteiger partial charge on any atom is -0.487 e. The van der Waals surface area contributed by atoms with Crippen LogP contribution in [0.3, 0.4) is 0 Å². The Morgan fingerprint density at radius 1 is 1.11 bits per heavy atom. The molecule has 1 N–H and O–H groups in total. The van der Waals surface area contributed by atoms with Gasteiger partial charge in [0.25, 0.3) is 11.1 Å². The number of hydrogen-bond acceptors (Lipinski definition) is 6. The molecule has 2 heterocycles. The van der Waals surface area contributed by atoms with Crippen molar-refractivity contribution in [3.63, 3.8) is 0 Å². The molecular formula is C21H16N2O4S. The first-order valence-corrected chi connectivity index (χ1v) is 9.39. The molecule has 0 bridgehead atoms. The van der Waals surface area contributed by atoms with Crippen LogP contribution in [0.1, 0.15) is 17.0 Å². The second-order valence-electron chi connectivity index (χ2n) is 6.10. The number of aromatic nitrogens is 1. The number of aryl methyl sites for hydroxylation is 1. The second kappa shape index (κ2) is 7.74. The summed E-state index contributed by atoms with van der Waals surface area (Å²) in [4.78, 5) is 27.7. The topological polar surface area (TPSA) is 81.4 Å². The predicted octanol–water partition coefficient (Wildman–Crippen LogP) is 4.55. The Bertz CT molecular complexity index is 1060. The number of nitrogens with zero attached hydrogens (tertiary/aromatic N) is 1. The Morgan fingerprint density at radius 2 is 1.86 bits per heavy atom. The fourth-order valence-electron chi connectivity index (χ4n) is 2.65. The molecule has 1 aromatic heterocycles. The number of ether oxygens (including phenoxy) is 1. The first-order valence-electron chi connectivity index (χ1n) is 8.58. The monoisotopic (exact) mass is 392 g/mol. The molecule has 1 saturated heterocycles. The van der Waals surface area contributed by atoms with Crippen LogP contribution in [0, 0.1) is 6.92 Å². The Balaban J connectivity index is 1.42. The van der Waals surface area contributed by atoms with Gasteiger partial charge in [0.05, 0.1) is 4.91 Å². The Morgan fingerprint density at radius 3 is 2.54 bits per heavy atom. The SMILES string of the molecule is Cc1oc(-c2ccccc2)nc1COc1ccc(/C=C2\SC(=O)NC2=O)cc1. The Labute approximate surface area is 165 Å². The number of oxazole rings is 1. The van der Waals surface area contributed by atoms with E-state index in [0.29, 0.717) is 22.3 Å². The molecule has 0 atom stereocenters. The van der Waals surface area contributed by atoms with Gasteiger partial charge in [-0.1, -0.05) is 30.3 Å². The summed E-state index contributed by atoms with van der Waals surface area (Å²) < 4.78 is 11.5. The molecule has 0 spiro atoms.